The van der Waals surface area contributed by atoms with Gasteiger partial charge in [-0.25, -0.2) is 4.98 Å². The van der Waals surface area contributed by atoms with E-state index < -0.39 is 0 Å². The van der Waals surface area contributed by atoms with Crippen molar-refractivity contribution in [3.05, 3.63) is 64.6 Å². The minimum atomic E-state index is -0.0789. The highest BCUT2D eigenvalue weighted by Crippen LogP contribution is 2.22. The second-order valence-corrected chi connectivity index (χ2v) is 4.86. The van der Waals surface area contributed by atoms with Crippen LogP contribution in [0.4, 0.5) is 11.5 Å². The van der Waals surface area contributed by atoms with Crippen molar-refractivity contribution in [3.63, 3.8) is 0 Å². The summed E-state index contributed by atoms with van der Waals surface area (Å²) < 4.78 is 6.83. The van der Waals surface area contributed by atoms with E-state index >= 15 is 0 Å². The first-order valence-electron chi connectivity index (χ1n) is 7.15. The van der Waals surface area contributed by atoms with Gasteiger partial charge in [-0.1, -0.05) is 25.1 Å². The van der Waals surface area contributed by atoms with Crippen LogP contribution >= 0.6 is 0 Å². The predicted octanol–water partition coefficient (Wildman–Crippen LogP) is 3.01. The number of anilines is 2. The van der Waals surface area contributed by atoms with Gasteiger partial charge in [0, 0.05) is 11.9 Å². The lowest BCUT2D eigenvalue weighted by Crippen LogP contribution is -2.21. The summed E-state index contributed by atoms with van der Waals surface area (Å²) in [6, 6.07) is 13.2. The molecule has 0 amide bonds. The van der Waals surface area contributed by atoms with Crippen molar-refractivity contribution in [2.24, 2.45) is 0 Å². The number of hydrogen-bond donors (Lipinski definition) is 1. The summed E-state index contributed by atoms with van der Waals surface area (Å²) in [5.74, 6) is 1.14. The molecule has 5 nitrogen and oxygen atoms in total. The first-order chi connectivity index (χ1) is 10.7. The van der Waals surface area contributed by atoms with Crippen LogP contribution in [-0.4, -0.2) is 16.5 Å². The Morgan fingerprint density at radius 2 is 1.95 bits per heavy atom. The standard InChI is InChI=1S/C17H17N3O2/c1-3-13-15(18-12-8-5-4-6-9-12)19-16-14(22-2)10-7-11-20(16)17(13)21/h4-11,18H,3H2,1-2H3. The van der Waals surface area contributed by atoms with Gasteiger partial charge in [0.25, 0.3) is 5.56 Å². The summed E-state index contributed by atoms with van der Waals surface area (Å²) in [5, 5.41) is 3.23. The number of rotatable bonds is 4. The van der Waals surface area contributed by atoms with Crippen molar-refractivity contribution in [1.29, 1.82) is 0 Å². The lowest BCUT2D eigenvalue weighted by atomic mass is 10.2. The molecule has 1 N–H and O–H groups in total. The van der Waals surface area contributed by atoms with Crippen molar-refractivity contribution in [1.82, 2.24) is 9.38 Å². The first-order valence-corrected chi connectivity index (χ1v) is 7.15. The molecule has 1 aromatic carbocycles. The van der Waals surface area contributed by atoms with E-state index in [4.69, 9.17) is 4.74 Å². The van der Waals surface area contributed by atoms with E-state index in [1.165, 1.54) is 4.40 Å². The molecular formula is C17H17N3O2. The van der Waals surface area contributed by atoms with Crippen molar-refractivity contribution in [3.8, 4) is 5.75 Å². The van der Waals surface area contributed by atoms with Crippen LogP contribution in [0.25, 0.3) is 5.65 Å². The average molecular weight is 295 g/mol. The summed E-state index contributed by atoms with van der Waals surface area (Å²) in [6.07, 6.45) is 2.31. The molecule has 3 aromatic rings. The second-order valence-electron chi connectivity index (χ2n) is 4.86. The fourth-order valence-corrected chi connectivity index (χ4v) is 2.41. The van der Waals surface area contributed by atoms with Gasteiger partial charge in [0.15, 0.2) is 11.4 Å². The third kappa shape index (κ3) is 2.41. The number of pyridine rings is 1. The first kappa shape index (κ1) is 14.1. The molecule has 0 atom stereocenters. The summed E-state index contributed by atoms with van der Waals surface area (Å²) >= 11 is 0. The fraction of sp³-hybridized carbons (Fsp3) is 0.176. The molecule has 0 saturated carbocycles. The molecule has 0 aliphatic heterocycles. The van der Waals surface area contributed by atoms with Crippen LogP contribution in [0, 0.1) is 0 Å². The molecule has 112 valence electrons. The topological polar surface area (TPSA) is 55.6 Å². The van der Waals surface area contributed by atoms with Crippen LogP contribution in [0.3, 0.4) is 0 Å². The fourth-order valence-electron chi connectivity index (χ4n) is 2.41. The highest BCUT2D eigenvalue weighted by molar-refractivity contribution is 5.64. The number of nitrogens with zero attached hydrogens (tertiary/aromatic N) is 2. The van der Waals surface area contributed by atoms with Crippen molar-refractivity contribution in [2.75, 3.05) is 12.4 Å². The normalized spacial score (nSPS) is 10.6. The molecule has 0 bridgehead atoms. The van der Waals surface area contributed by atoms with Gasteiger partial charge in [0.1, 0.15) is 5.82 Å². The van der Waals surface area contributed by atoms with Gasteiger partial charge in [0.05, 0.1) is 12.7 Å². The number of fused-ring (bicyclic) bond motifs is 1. The number of para-hydroxylation sites is 1. The summed E-state index contributed by atoms with van der Waals surface area (Å²) in [4.78, 5) is 17.3. The molecule has 0 unspecified atom stereocenters. The van der Waals surface area contributed by atoms with Gasteiger partial charge in [0.2, 0.25) is 0 Å². The van der Waals surface area contributed by atoms with E-state index in [9.17, 15) is 4.79 Å². The van der Waals surface area contributed by atoms with Gasteiger partial charge in [-0.3, -0.25) is 9.20 Å². The Balaban J connectivity index is 2.22. The minimum Gasteiger partial charge on any atom is -0.493 e. The van der Waals surface area contributed by atoms with E-state index in [2.05, 4.69) is 10.3 Å². The van der Waals surface area contributed by atoms with Crippen LogP contribution in [0.15, 0.2) is 53.5 Å². The molecule has 3 rings (SSSR count). The Hall–Kier alpha value is -2.82. The number of aromatic nitrogens is 2. The third-order valence-corrected chi connectivity index (χ3v) is 3.52. The monoisotopic (exact) mass is 295 g/mol. The molecule has 0 radical (unpaired) electrons. The molecule has 0 spiro atoms. The molecule has 2 heterocycles. The largest absolute Gasteiger partial charge is 0.493 e. The molecule has 0 saturated heterocycles. The molecule has 0 fully saturated rings. The Kier molecular flexibility index (Phi) is 3.78. The zero-order valence-corrected chi connectivity index (χ0v) is 12.5. The number of benzene rings is 1. The summed E-state index contributed by atoms with van der Waals surface area (Å²) in [6.45, 7) is 1.95. The minimum absolute atomic E-state index is 0.0789. The van der Waals surface area contributed by atoms with Gasteiger partial charge < -0.3 is 10.1 Å². The van der Waals surface area contributed by atoms with Crippen LogP contribution in [0.1, 0.15) is 12.5 Å². The lowest BCUT2D eigenvalue weighted by molar-refractivity contribution is 0.416. The maximum Gasteiger partial charge on any atom is 0.263 e. The quantitative estimate of drug-likeness (QED) is 0.804. The Morgan fingerprint density at radius 1 is 1.18 bits per heavy atom. The van der Waals surface area contributed by atoms with Crippen molar-refractivity contribution < 1.29 is 4.74 Å². The Morgan fingerprint density at radius 3 is 2.64 bits per heavy atom. The summed E-state index contributed by atoms with van der Waals surface area (Å²) in [7, 11) is 1.57. The molecule has 2 aromatic heterocycles. The number of hydrogen-bond acceptors (Lipinski definition) is 4. The highest BCUT2D eigenvalue weighted by Gasteiger charge is 2.13. The molecular weight excluding hydrogens is 278 g/mol. The lowest BCUT2D eigenvalue weighted by Gasteiger charge is -2.13. The Bertz CT molecular complexity index is 857. The van der Waals surface area contributed by atoms with Crippen LogP contribution < -0.4 is 15.6 Å². The smallest absolute Gasteiger partial charge is 0.263 e. The number of nitrogens with one attached hydrogen (secondary N) is 1. The van der Waals surface area contributed by atoms with Gasteiger partial charge in [-0.15, -0.1) is 0 Å². The molecule has 0 aliphatic rings. The van der Waals surface area contributed by atoms with E-state index in [0.29, 0.717) is 29.2 Å². The molecule has 5 heteroatoms. The van der Waals surface area contributed by atoms with E-state index in [1.807, 2.05) is 37.3 Å². The maximum atomic E-state index is 12.7. The molecule has 0 aliphatic carbocycles. The third-order valence-electron chi connectivity index (χ3n) is 3.52. The van der Waals surface area contributed by atoms with Gasteiger partial charge >= 0.3 is 0 Å². The number of ether oxygens (including phenoxy) is 1. The van der Waals surface area contributed by atoms with Gasteiger partial charge in [-0.2, -0.15) is 0 Å². The van der Waals surface area contributed by atoms with E-state index in [1.54, 1.807) is 25.4 Å². The zero-order chi connectivity index (χ0) is 15.5. The molecule has 22 heavy (non-hydrogen) atoms. The average Bonchev–Trinajstić information content (AvgIpc) is 2.56. The van der Waals surface area contributed by atoms with Crippen molar-refractivity contribution in [2.45, 2.75) is 13.3 Å². The summed E-state index contributed by atoms with van der Waals surface area (Å²) in [5.41, 5.74) is 1.97. The van der Waals surface area contributed by atoms with Crippen LogP contribution in [-0.2, 0) is 6.42 Å². The SMILES string of the molecule is CCc1c(Nc2ccccc2)nc2c(OC)cccn2c1=O. The van der Waals surface area contributed by atoms with E-state index in [0.717, 1.165) is 5.69 Å². The van der Waals surface area contributed by atoms with Crippen LogP contribution in [0.2, 0.25) is 0 Å². The highest BCUT2D eigenvalue weighted by atomic mass is 16.5. The maximum absolute atomic E-state index is 12.7. The second kappa shape index (κ2) is 5.89. The predicted molar refractivity (Wildman–Crippen MR) is 87.1 cm³/mol. The van der Waals surface area contributed by atoms with E-state index in [-0.39, 0.29) is 5.56 Å². The van der Waals surface area contributed by atoms with Crippen LogP contribution in [0.5, 0.6) is 5.75 Å². The number of methoxy groups -OCH3 is 1. The zero-order valence-electron chi connectivity index (χ0n) is 12.5. The van der Waals surface area contributed by atoms with Crippen molar-refractivity contribution >= 4 is 17.2 Å². The Labute approximate surface area is 128 Å². The van der Waals surface area contributed by atoms with Gasteiger partial charge in [-0.05, 0) is 30.7 Å².